The lowest BCUT2D eigenvalue weighted by molar-refractivity contribution is -0.384. The van der Waals surface area contributed by atoms with Crippen molar-refractivity contribution in [1.29, 1.82) is 0 Å². The van der Waals surface area contributed by atoms with Crippen LogP contribution in [-0.2, 0) is 0 Å². The number of aryl methyl sites for hydroxylation is 1. The maximum atomic E-state index is 10.8. The summed E-state index contributed by atoms with van der Waals surface area (Å²) in [6.07, 6.45) is 0. The Bertz CT molecular complexity index is 989. The Morgan fingerprint density at radius 1 is 0.833 bits per heavy atom. The predicted molar refractivity (Wildman–Crippen MR) is 95.0 cm³/mol. The fraction of sp³-hybridized carbons (Fsp3) is 0.0500. The molecule has 0 bridgehead atoms. The predicted octanol–water partition coefficient (Wildman–Crippen LogP) is 5.05. The van der Waals surface area contributed by atoms with Crippen molar-refractivity contribution in [1.82, 2.24) is 0 Å². The molecule has 0 radical (unpaired) electrons. The Kier molecular flexibility index (Phi) is 3.24. The van der Waals surface area contributed by atoms with E-state index in [-0.39, 0.29) is 5.69 Å². The SMILES string of the molecule is Cc1ccc2c(c1)/C(=N\c1ccc([N+](=O)[O-])cc1)c1ccccc1-2. The van der Waals surface area contributed by atoms with Gasteiger partial charge in [-0.1, -0.05) is 42.0 Å². The van der Waals surface area contributed by atoms with E-state index in [1.807, 2.05) is 12.1 Å². The molecule has 116 valence electrons. The van der Waals surface area contributed by atoms with Gasteiger partial charge in [0.25, 0.3) is 5.69 Å². The molecule has 4 rings (SSSR count). The summed E-state index contributed by atoms with van der Waals surface area (Å²) in [7, 11) is 0. The van der Waals surface area contributed by atoms with Crippen LogP contribution in [0.4, 0.5) is 11.4 Å². The van der Waals surface area contributed by atoms with Crippen LogP contribution >= 0.6 is 0 Å². The monoisotopic (exact) mass is 314 g/mol. The van der Waals surface area contributed by atoms with Crippen molar-refractivity contribution in [2.45, 2.75) is 6.92 Å². The van der Waals surface area contributed by atoms with Gasteiger partial charge in [-0.3, -0.25) is 10.1 Å². The molecular weight excluding hydrogens is 300 g/mol. The number of non-ortho nitro benzene ring substituents is 1. The van der Waals surface area contributed by atoms with Gasteiger partial charge in [-0.2, -0.15) is 0 Å². The third kappa shape index (κ3) is 2.29. The molecule has 4 heteroatoms. The van der Waals surface area contributed by atoms with Crippen LogP contribution in [-0.4, -0.2) is 10.6 Å². The lowest BCUT2D eigenvalue weighted by Gasteiger charge is -2.03. The summed E-state index contributed by atoms with van der Waals surface area (Å²) in [6.45, 7) is 2.06. The molecule has 0 saturated heterocycles. The Morgan fingerprint density at radius 2 is 1.50 bits per heavy atom. The normalized spacial score (nSPS) is 13.6. The molecule has 3 aromatic rings. The van der Waals surface area contributed by atoms with Gasteiger partial charge in [0.05, 0.1) is 16.3 Å². The topological polar surface area (TPSA) is 55.5 Å². The molecule has 1 aliphatic carbocycles. The van der Waals surface area contributed by atoms with Gasteiger partial charge in [-0.15, -0.1) is 0 Å². The number of hydrogen-bond donors (Lipinski definition) is 0. The first kappa shape index (κ1) is 14.3. The molecule has 0 aliphatic heterocycles. The summed E-state index contributed by atoms with van der Waals surface area (Å²) >= 11 is 0. The number of fused-ring (bicyclic) bond motifs is 3. The number of nitro benzene ring substituents is 1. The second-order valence-electron chi connectivity index (χ2n) is 5.83. The number of nitrogens with zero attached hydrogens (tertiary/aromatic N) is 2. The Labute approximate surface area is 139 Å². The summed E-state index contributed by atoms with van der Waals surface area (Å²) < 4.78 is 0. The van der Waals surface area contributed by atoms with Crippen molar-refractivity contribution in [3.8, 4) is 11.1 Å². The van der Waals surface area contributed by atoms with Gasteiger partial charge in [0.1, 0.15) is 0 Å². The Hall–Kier alpha value is -3.27. The van der Waals surface area contributed by atoms with Crippen molar-refractivity contribution >= 4 is 17.1 Å². The highest BCUT2D eigenvalue weighted by Gasteiger charge is 2.24. The molecule has 0 N–H and O–H groups in total. The quantitative estimate of drug-likeness (QED) is 0.384. The number of aliphatic imine (C=N–C) groups is 1. The minimum absolute atomic E-state index is 0.0713. The minimum atomic E-state index is -0.402. The molecule has 0 fully saturated rings. The van der Waals surface area contributed by atoms with E-state index in [1.165, 1.54) is 28.8 Å². The summed E-state index contributed by atoms with van der Waals surface area (Å²) in [5.74, 6) is 0. The van der Waals surface area contributed by atoms with E-state index in [1.54, 1.807) is 12.1 Å². The maximum absolute atomic E-state index is 10.8. The van der Waals surface area contributed by atoms with E-state index in [0.717, 1.165) is 16.8 Å². The van der Waals surface area contributed by atoms with Crippen LogP contribution in [0.2, 0.25) is 0 Å². The van der Waals surface area contributed by atoms with E-state index in [0.29, 0.717) is 5.69 Å². The highest BCUT2D eigenvalue weighted by molar-refractivity contribution is 6.25. The summed E-state index contributed by atoms with van der Waals surface area (Å²) in [5, 5.41) is 10.8. The molecule has 0 aromatic heterocycles. The zero-order valence-corrected chi connectivity index (χ0v) is 13.1. The van der Waals surface area contributed by atoms with Crippen LogP contribution in [0.5, 0.6) is 0 Å². The first-order valence-electron chi connectivity index (χ1n) is 7.67. The molecule has 0 amide bonds. The molecule has 0 unspecified atom stereocenters. The molecular formula is C20H14N2O2. The average molecular weight is 314 g/mol. The van der Waals surface area contributed by atoms with E-state index in [9.17, 15) is 10.1 Å². The third-order valence-corrected chi connectivity index (χ3v) is 4.20. The molecule has 3 aromatic carbocycles. The van der Waals surface area contributed by atoms with E-state index in [2.05, 4.69) is 37.3 Å². The smallest absolute Gasteiger partial charge is 0.258 e. The van der Waals surface area contributed by atoms with Crippen molar-refractivity contribution in [2.75, 3.05) is 0 Å². The van der Waals surface area contributed by atoms with Crippen molar-refractivity contribution < 1.29 is 4.92 Å². The van der Waals surface area contributed by atoms with Crippen LogP contribution in [0.1, 0.15) is 16.7 Å². The fourth-order valence-corrected chi connectivity index (χ4v) is 3.06. The lowest BCUT2D eigenvalue weighted by atomic mass is 10.0. The number of benzene rings is 3. The van der Waals surface area contributed by atoms with Crippen molar-refractivity contribution in [2.24, 2.45) is 4.99 Å². The summed E-state index contributed by atoms with van der Waals surface area (Å²) in [5.41, 5.74) is 7.42. The minimum Gasteiger partial charge on any atom is -0.258 e. The first-order valence-corrected chi connectivity index (χ1v) is 7.67. The van der Waals surface area contributed by atoms with Crippen LogP contribution in [0.3, 0.4) is 0 Å². The second-order valence-corrected chi connectivity index (χ2v) is 5.83. The van der Waals surface area contributed by atoms with Gasteiger partial charge < -0.3 is 0 Å². The Balaban J connectivity index is 1.88. The van der Waals surface area contributed by atoms with Crippen LogP contribution in [0.25, 0.3) is 11.1 Å². The first-order chi connectivity index (χ1) is 11.6. The van der Waals surface area contributed by atoms with Crippen molar-refractivity contribution in [3.05, 3.63) is 93.5 Å². The van der Waals surface area contributed by atoms with E-state index in [4.69, 9.17) is 4.99 Å². The number of rotatable bonds is 2. The number of nitro groups is 1. The highest BCUT2D eigenvalue weighted by Crippen LogP contribution is 2.38. The van der Waals surface area contributed by atoms with Gasteiger partial charge in [-0.05, 0) is 36.2 Å². The largest absolute Gasteiger partial charge is 0.269 e. The van der Waals surface area contributed by atoms with Gasteiger partial charge in [-0.25, -0.2) is 4.99 Å². The zero-order chi connectivity index (χ0) is 16.7. The summed E-state index contributed by atoms with van der Waals surface area (Å²) in [4.78, 5) is 15.2. The van der Waals surface area contributed by atoms with Gasteiger partial charge >= 0.3 is 0 Å². The molecule has 0 atom stereocenters. The number of hydrogen-bond acceptors (Lipinski definition) is 3. The highest BCUT2D eigenvalue weighted by atomic mass is 16.6. The van der Waals surface area contributed by atoms with Gasteiger partial charge in [0.15, 0.2) is 0 Å². The standard InChI is InChI=1S/C20H14N2O2/c1-13-6-11-17-16-4-2-3-5-18(16)20(19(17)12-13)21-14-7-9-15(10-8-14)22(23)24/h2-12H,1H3/b21-20-. The van der Waals surface area contributed by atoms with Gasteiger partial charge in [0.2, 0.25) is 0 Å². The van der Waals surface area contributed by atoms with E-state index >= 15 is 0 Å². The molecule has 0 spiro atoms. The molecule has 0 saturated carbocycles. The van der Waals surface area contributed by atoms with Gasteiger partial charge in [0, 0.05) is 23.3 Å². The summed E-state index contributed by atoms with van der Waals surface area (Å²) in [6, 6.07) is 20.9. The second kappa shape index (κ2) is 5.42. The van der Waals surface area contributed by atoms with Crippen molar-refractivity contribution in [3.63, 3.8) is 0 Å². The Morgan fingerprint density at radius 3 is 2.21 bits per heavy atom. The zero-order valence-electron chi connectivity index (χ0n) is 13.1. The molecule has 1 aliphatic rings. The molecule has 4 nitrogen and oxygen atoms in total. The average Bonchev–Trinajstić information content (AvgIpc) is 2.89. The third-order valence-electron chi connectivity index (χ3n) is 4.20. The fourth-order valence-electron chi connectivity index (χ4n) is 3.06. The van der Waals surface area contributed by atoms with E-state index < -0.39 is 4.92 Å². The van der Waals surface area contributed by atoms with Crippen LogP contribution in [0, 0.1) is 17.0 Å². The van der Waals surface area contributed by atoms with Crippen LogP contribution in [0.15, 0.2) is 71.7 Å². The maximum Gasteiger partial charge on any atom is 0.269 e. The molecule has 24 heavy (non-hydrogen) atoms. The van der Waals surface area contributed by atoms with Crippen LogP contribution < -0.4 is 0 Å². The lowest BCUT2D eigenvalue weighted by Crippen LogP contribution is -1.98. The molecule has 0 heterocycles.